The molecule has 1 aromatic carbocycles. The summed E-state index contributed by atoms with van der Waals surface area (Å²) in [4.78, 5) is -0.178. The van der Waals surface area contributed by atoms with E-state index in [0.29, 0.717) is 13.2 Å². The zero-order chi connectivity index (χ0) is 34.8. The topological polar surface area (TPSA) is 94.1 Å². The molecule has 2 saturated heterocycles. The van der Waals surface area contributed by atoms with Crippen molar-refractivity contribution in [1.82, 2.24) is 0 Å². The number of hydrogen-bond donors (Lipinski definition) is 0. The molecule has 0 N–H and O–H groups in total. The Bertz CT molecular complexity index is 998. The Balaban J connectivity index is 0.000000613. The van der Waals surface area contributed by atoms with Gasteiger partial charge in [0.1, 0.15) is 29.3 Å². The lowest BCUT2D eigenvalue weighted by Crippen LogP contribution is -2.52. The zero-order valence-corrected chi connectivity index (χ0v) is 31.8. The number of quaternary nitrogens is 1. The molecule has 3 rings (SSSR count). The second kappa shape index (κ2) is 26.7. The number of nitrogens with zero attached hydrogens (tertiary/aromatic N) is 1. The Morgan fingerprint density at radius 2 is 1.29 bits per heavy atom. The van der Waals surface area contributed by atoms with Crippen molar-refractivity contribution >= 4 is 10.1 Å². The molecule has 9 heteroatoms. The van der Waals surface area contributed by atoms with Crippen molar-refractivity contribution in [1.29, 1.82) is 0 Å². The van der Waals surface area contributed by atoms with E-state index < -0.39 is 10.1 Å². The zero-order valence-electron chi connectivity index (χ0n) is 31.0. The van der Waals surface area contributed by atoms with Crippen molar-refractivity contribution in [3.05, 3.63) is 29.8 Å². The number of aryl methyl sites for hydroxylation is 1. The fourth-order valence-corrected chi connectivity index (χ4v) is 6.88. The maximum Gasteiger partial charge on any atom is 0.158 e. The van der Waals surface area contributed by atoms with E-state index in [4.69, 9.17) is 18.9 Å². The van der Waals surface area contributed by atoms with E-state index in [-0.39, 0.29) is 17.3 Å². The molecule has 0 spiro atoms. The molecule has 2 aliphatic rings. The van der Waals surface area contributed by atoms with Crippen LogP contribution in [0.15, 0.2) is 29.2 Å². The van der Waals surface area contributed by atoms with Gasteiger partial charge in [-0.25, -0.2) is 8.42 Å². The Hall–Kier alpha value is -1.07. The van der Waals surface area contributed by atoms with Crippen LogP contribution >= 0.6 is 0 Å². The average Bonchev–Trinajstić information content (AvgIpc) is 3.52. The molecule has 0 amide bonds. The summed E-state index contributed by atoms with van der Waals surface area (Å²) in [6.45, 7) is 11.8. The van der Waals surface area contributed by atoms with Crippen molar-refractivity contribution in [2.24, 2.45) is 0 Å². The van der Waals surface area contributed by atoms with Crippen molar-refractivity contribution in [2.75, 3.05) is 59.7 Å². The molecular formula is C39H71NO7S. The molecule has 48 heavy (non-hydrogen) atoms. The van der Waals surface area contributed by atoms with Gasteiger partial charge in [0.25, 0.3) is 0 Å². The SMILES string of the molecule is CCCCCCCCCCCCCCCCCC1OCC(COCCCCCC[N+]2(C)CCOCC2)O1.Cc1ccc(S(=O)(=O)[O-])cc1. The second-order valence-corrected chi connectivity index (χ2v) is 15.8. The highest BCUT2D eigenvalue weighted by atomic mass is 32.2. The monoisotopic (exact) mass is 697 g/mol. The van der Waals surface area contributed by atoms with Crippen molar-refractivity contribution in [2.45, 2.75) is 160 Å². The largest absolute Gasteiger partial charge is 0.744 e. The Morgan fingerprint density at radius 1 is 0.771 bits per heavy atom. The number of unbranched alkanes of at least 4 members (excludes halogenated alkanes) is 17. The first-order valence-electron chi connectivity index (χ1n) is 19.5. The first kappa shape index (κ1) is 43.1. The molecule has 8 nitrogen and oxygen atoms in total. The third-order valence-corrected chi connectivity index (χ3v) is 10.6. The van der Waals surface area contributed by atoms with Crippen LogP contribution in [0.3, 0.4) is 0 Å². The van der Waals surface area contributed by atoms with E-state index in [1.165, 1.54) is 152 Å². The smallest absolute Gasteiger partial charge is 0.158 e. The average molecular weight is 698 g/mol. The number of hydrogen-bond acceptors (Lipinski definition) is 7. The van der Waals surface area contributed by atoms with E-state index in [9.17, 15) is 13.0 Å². The van der Waals surface area contributed by atoms with Gasteiger partial charge in [0.2, 0.25) is 0 Å². The summed E-state index contributed by atoms with van der Waals surface area (Å²) in [5.41, 5.74) is 0.928. The molecule has 0 saturated carbocycles. The van der Waals surface area contributed by atoms with E-state index in [0.717, 1.165) is 38.2 Å². The third kappa shape index (κ3) is 21.9. The number of ether oxygens (including phenoxy) is 4. The van der Waals surface area contributed by atoms with Crippen LogP contribution in [0.1, 0.15) is 141 Å². The summed E-state index contributed by atoms with van der Waals surface area (Å²) in [5.74, 6) is 0. The minimum atomic E-state index is -4.27. The molecule has 2 heterocycles. The lowest BCUT2D eigenvalue weighted by Gasteiger charge is -2.37. The molecule has 280 valence electrons. The highest BCUT2D eigenvalue weighted by Crippen LogP contribution is 2.19. The quantitative estimate of drug-likeness (QED) is 0.0542. The van der Waals surface area contributed by atoms with Crippen LogP contribution in [-0.4, -0.2) is 89.6 Å². The summed E-state index contributed by atoms with van der Waals surface area (Å²) in [6.07, 6.45) is 27.3. The molecular weight excluding hydrogens is 626 g/mol. The normalized spacial score (nSPS) is 19.2. The minimum Gasteiger partial charge on any atom is -0.744 e. The lowest BCUT2D eigenvalue weighted by atomic mass is 10.0. The summed E-state index contributed by atoms with van der Waals surface area (Å²) in [7, 11) is -1.89. The van der Waals surface area contributed by atoms with Gasteiger partial charge < -0.3 is 28.0 Å². The van der Waals surface area contributed by atoms with Gasteiger partial charge >= 0.3 is 0 Å². The molecule has 0 bridgehead atoms. The van der Waals surface area contributed by atoms with Gasteiger partial charge in [-0.1, -0.05) is 121 Å². The molecule has 2 unspecified atom stereocenters. The maximum atomic E-state index is 10.4. The van der Waals surface area contributed by atoms with Gasteiger partial charge in [-0.3, -0.25) is 0 Å². The lowest BCUT2D eigenvalue weighted by molar-refractivity contribution is -0.917. The fourth-order valence-electron chi connectivity index (χ4n) is 6.41. The van der Waals surface area contributed by atoms with Crippen molar-refractivity contribution in [3.63, 3.8) is 0 Å². The Kier molecular flexibility index (Phi) is 24.0. The maximum absolute atomic E-state index is 10.4. The van der Waals surface area contributed by atoms with Crippen LogP contribution in [0.4, 0.5) is 0 Å². The summed E-state index contributed by atoms with van der Waals surface area (Å²) in [5, 5.41) is 0. The van der Waals surface area contributed by atoms with Crippen LogP contribution in [0.5, 0.6) is 0 Å². The van der Waals surface area contributed by atoms with Gasteiger partial charge in [-0.15, -0.1) is 0 Å². The predicted molar refractivity (Wildman–Crippen MR) is 194 cm³/mol. The van der Waals surface area contributed by atoms with E-state index in [2.05, 4.69) is 14.0 Å². The number of rotatable bonds is 26. The first-order valence-corrected chi connectivity index (χ1v) is 20.9. The number of benzene rings is 1. The van der Waals surface area contributed by atoms with E-state index in [1.807, 2.05) is 6.92 Å². The van der Waals surface area contributed by atoms with Crippen molar-refractivity contribution < 1.29 is 36.4 Å². The van der Waals surface area contributed by atoms with Gasteiger partial charge in [0, 0.05) is 6.61 Å². The third-order valence-electron chi connectivity index (χ3n) is 9.76. The van der Waals surface area contributed by atoms with Gasteiger partial charge in [-0.2, -0.15) is 0 Å². The van der Waals surface area contributed by atoms with Crippen LogP contribution in [0.2, 0.25) is 0 Å². The highest BCUT2D eigenvalue weighted by molar-refractivity contribution is 7.85. The molecule has 0 aromatic heterocycles. The second-order valence-electron chi connectivity index (χ2n) is 14.4. The van der Waals surface area contributed by atoms with Gasteiger partial charge in [0.05, 0.1) is 44.9 Å². The van der Waals surface area contributed by atoms with Crippen molar-refractivity contribution in [3.8, 4) is 0 Å². The molecule has 2 aliphatic heterocycles. The minimum absolute atomic E-state index is 0.000231. The highest BCUT2D eigenvalue weighted by Gasteiger charge is 2.26. The first-order chi connectivity index (χ1) is 23.2. The number of morpholine rings is 1. The summed E-state index contributed by atoms with van der Waals surface area (Å²) < 4.78 is 55.6. The molecule has 2 fully saturated rings. The van der Waals surface area contributed by atoms with Gasteiger partial charge in [-0.05, 0) is 51.2 Å². The fraction of sp³-hybridized carbons (Fsp3) is 0.846. The summed E-state index contributed by atoms with van der Waals surface area (Å²) in [6, 6.07) is 5.78. The van der Waals surface area contributed by atoms with Gasteiger partial charge in [0.15, 0.2) is 6.29 Å². The van der Waals surface area contributed by atoms with Crippen LogP contribution in [0.25, 0.3) is 0 Å². The van der Waals surface area contributed by atoms with E-state index >= 15 is 0 Å². The molecule has 0 radical (unpaired) electrons. The molecule has 0 aliphatic carbocycles. The molecule has 1 aromatic rings. The Labute approximate surface area is 295 Å². The number of likely N-dealkylation sites (N-methyl/N-ethyl adjacent to an activating group) is 1. The molecule has 2 atom stereocenters. The van der Waals surface area contributed by atoms with Crippen LogP contribution in [-0.2, 0) is 29.1 Å². The standard InChI is InChI=1S/C32H64NO4.C7H8O3S/c1-3-4-5-6-7-8-9-10-11-12-13-14-15-16-19-22-32-36-30-31(37-32)29-35-26-21-18-17-20-23-33(2)24-27-34-28-25-33;1-6-2-4-7(5-3-6)11(8,9)10/h31-32H,3-30H2,1-2H3;2-5H,1H3,(H,8,9,10)/q+1;/p-1. The van der Waals surface area contributed by atoms with Crippen LogP contribution < -0.4 is 0 Å². The van der Waals surface area contributed by atoms with Crippen LogP contribution in [0, 0.1) is 6.92 Å². The van der Waals surface area contributed by atoms with E-state index in [1.54, 1.807) is 12.1 Å². The Morgan fingerprint density at radius 3 is 1.85 bits per heavy atom. The summed E-state index contributed by atoms with van der Waals surface area (Å²) >= 11 is 0. The predicted octanol–water partition coefficient (Wildman–Crippen LogP) is 8.94.